The molecule has 0 aromatic heterocycles. The number of nitrogens with one attached hydrogen (secondary N) is 1. The minimum atomic E-state index is -0.788. The minimum Gasteiger partial charge on any atom is -0.415 e. The number of nitrogens with zero attached hydrogens (tertiary/aromatic N) is 3. The summed E-state index contributed by atoms with van der Waals surface area (Å²) in [5.74, 6) is -0.112. The summed E-state index contributed by atoms with van der Waals surface area (Å²) in [5.41, 5.74) is 10.6. The fourth-order valence-electron chi connectivity index (χ4n) is 3.86. The molecule has 10 heteroatoms. The lowest BCUT2D eigenvalue weighted by Gasteiger charge is -2.38. The van der Waals surface area contributed by atoms with E-state index in [-0.39, 0.29) is 11.6 Å². The number of hydrogen-bond donors (Lipinski definition) is 2. The number of nitro groups is 1. The molecule has 0 saturated carbocycles. The predicted octanol–water partition coefficient (Wildman–Crippen LogP) is 2.81. The number of rotatable bonds is 4. The summed E-state index contributed by atoms with van der Waals surface area (Å²) in [5, 5.41) is 11.2. The van der Waals surface area contributed by atoms with Gasteiger partial charge in [0.2, 0.25) is 0 Å². The van der Waals surface area contributed by atoms with Crippen LogP contribution in [0.15, 0.2) is 54.3 Å². The molecule has 1 unspecified atom stereocenters. The van der Waals surface area contributed by atoms with Crippen molar-refractivity contribution < 1.29 is 14.6 Å². The molecule has 162 valence electrons. The molecule has 31 heavy (non-hydrogen) atoms. The van der Waals surface area contributed by atoms with Gasteiger partial charge in [0.25, 0.3) is 11.6 Å². The first-order valence-electron chi connectivity index (χ1n) is 9.77. The number of anilines is 2. The van der Waals surface area contributed by atoms with Crippen LogP contribution >= 0.6 is 11.6 Å². The third-order valence-electron chi connectivity index (χ3n) is 5.75. The second kappa shape index (κ2) is 8.09. The Labute approximate surface area is 184 Å². The molecule has 1 amide bonds. The van der Waals surface area contributed by atoms with E-state index < -0.39 is 10.5 Å². The number of hydroxylamine groups is 1. The number of hydrogen-bond acceptors (Lipinski definition) is 7. The van der Waals surface area contributed by atoms with E-state index >= 15 is 0 Å². The lowest BCUT2D eigenvalue weighted by Crippen LogP contribution is -2.51. The highest BCUT2D eigenvalue weighted by molar-refractivity contribution is 6.33. The number of halogens is 1. The topological polar surface area (TPSA) is 114 Å². The van der Waals surface area contributed by atoms with Gasteiger partial charge in [-0.2, -0.15) is 0 Å². The Morgan fingerprint density at radius 3 is 2.48 bits per heavy atom. The normalized spacial score (nSPS) is 20.9. The molecule has 2 aromatic rings. The fraction of sp³-hybridized carbons (Fsp3) is 0.286. The smallest absolute Gasteiger partial charge is 0.271 e. The summed E-state index contributed by atoms with van der Waals surface area (Å²) in [6.07, 6.45) is 1.46. The molecule has 4 rings (SSSR count). The number of benzene rings is 2. The highest BCUT2D eigenvalue weighted by Gasteiger charge is 2.42. The van der Waals surface area contributed by atoms with Crippen molar-refractivity contribution in [3.63, 3.8) is 0 Å². The van der Waals surface area contributed by atoms with Crippen LogP contribution in [0.2, 0.25) is 5.02 Å². The van der Waals surface area contributed by atoms with Crippen molar-refractivity contribution in [2.75, 3.05) is 36.8 Å². The summed E-state index contributed by atoms with van der Waals surface area (Å²) in [6.45, 7) is 3.98. The maximum Gasteiger partial charge on any atom is 0.271 e. The molecule has 1 saturated heterocycles. The predicted molar refractivity (Wildman–Crippen MR) is 117 cm³/mol. The van der Waals surface area contributed by atoms with Crippen molar-refractivity contribution in [3.05, 3.63) is 75.0 Å². The standard InChI is InChI=1S/C21H22ClN5O4/c1-21(14-2-4-15(23)5-3-14)17(13-31-24-21)20(28)26-10-8-25(9-11-26)19-7-6-16(27(29)30)12-18(19)22/h2-7,12-13,24H,8-11,23H2,1H3. The second-order valence-corrected chi connectivity index (χ2v) is 8.08. The van der Waals surface area contributed by atoms with Crippen molar-refractivity contribution in [2.24, 2.45) is 0 Å². The minimum absolute atomic E-state index is 0.0508. The van der Waals surface area contributed by atoms with Gasteiger partial charge in [0, 0.05) is 44.0 Å². The largest absolute Gasteiger partial charge is 0.415 e. The molecule has 1 atom stereocenters. The first-order chi connectivity index (χ1) is 14.8. The van der Waals surface area contributed by atoms with E-state index in [1.165, 1.54) is 18.4 Å². The molecule has 2 aliphatic rings. The Bertz CT molecular complexity index is 1050. The van der Waals surface area contributed by atoms with Gasteiger partial charge >= 0.3 is 0 Å². The average molecular weight is 444 g/mol. The summed E-state index contributed by atoms with van der Waals surface area (Å²) >= 11 is 6.26. The van der Waals surface area contributed by atoms with Gasteiger partial charge in [-0.3, -0.25) is 14.9 Å². The van der Waals surface area contributed by atoms with Crippen molar-refractivity contribution in [3.8, 4) is 0 Å². The molecule has 9 nitrogen and oxygen atoms in total. The van der Waals surface area contributed by atoms with E-state index in [2.05, 4.69) is 5.48 Å². The van der Waals surface area contributed by atoms with Crippen LogP contribution in [0, 0.1) is 10.1 Å². The zero-order valence-electron chi connectivity index (χ0n) is 16.9. The molecule has 1 fully saturated rings. The van der Waals surface area contributed by atoms with Gasteiger partial charge in [-0.15, -0.1) is 5.48 Å². The summed E-state index contributed by atoms with van der Waals surface area (Å²) in [7, 11) is 0. The lowest BCUT2D eigenvalue weighted by atomic mass is 9.85. The molecule has 2 aromatic carbocycles. The lowest BCUT2D eigenvalue weighted by molar-refractivity contribution is -0.384. The van der Waals surface area contributed by atoms with Gasteiger partial charge < -0.3 is 20.4 Å². The molecule has 0 radical (unpaired) electrons. The third-order valence-corrected chi connectivity index (χ3v) is 6.05. The quantitative estimate of drug-likeness (QED) is 0.424. The Hall–Kier alpha value is -3.30. The van der Waals surface area contributed by atoms with Crippen molar-refractivity contribution in [2.45, 2.75) is 12.5 Å². The van der Waals surface area contributed by atoms with Gasteiger partial charge in [-0.05, 0) is 30.7 Å². The molecular weight excluding hydrogens is 422 g/mol. The molecule has 0 bridgehead atoms. The highest BCUT2D eigenvalue weighted by atomic mass is 35.5. The first-order valence-corrected chi connectivity index (χ1v) is 10.1. The maximum absolute atomic E-state index is 13.3. The summed E-state index contributed by atoms with van der Waals surface area (Å²) < 4.78 is 0. The number of nitro benzene ring substituents is 1. The van der Waals surface area contributed by atoms with Crippen LogP contribution in [0.25, 0.3) is 0 Å². The zero-order valence-corrected chi connectivity index (χ0v) is 17.6. The van der Waals surface area contributed by atoms with Crippen LogP contribution < -0.4 is 16.1 Å². The summed E-state index contributed by atoms with van der Waals surface area (Å²) in [6, 6.07) is 11.7. The van der Waals surface area contributed by atoms with Gasteiger partial charge in [0.15, 0.2) is 0 Å². The number of amides is 1. The van der Waals surface area contributed by atoms with Crippen LogP contribution in [0.4, 0.5) is 17.1 Å². The number of carbonyl (C=O) groups is 1. The Morgan fingerprint density at radius 2 is 1.87 bits per heavy atom. The molecule has 0 spiro atoms. The van der Waals surface area contributed by atoms with Gasteiger partial charge in [0.05, 0.1) is 21.2 Å². The van der Waals surface area contributed by atoms with Crippen molar-refractivity contribution >= 4 is 34.6 Å². The van der Waals surface area contributed by atoms with Crippen LogP contribution in [0.3, 0.4) is 0 Å². The van der Waals surface area contributed by atoms with Crippen LogP contribution in [-0.4, -0.2) is 41.9 Å². The van der Waals surface area contributed by atoms with Crippen molar-refractivity contribution in [1.29, 1.82) is 0 Å². The zero-order chi connectivity index (χ0) is 22.2. The van der Waals surface area contributed by atoms with Gasteiger partial charge in [-0.25, -0.2) is 0 Å². The number of carbonyl (C=O) groups excluding carboxylic acids is 1. The van der Waals surface area contributed by atoms with E-state index in [9.17, 15) is 14.9 Å². The second-order valence-electron chi connectivity index (χ2n) is 7.67. The van der Waals surface area contributed by atoms with Crippen LogP contribution in [0.1, 0.15) is 12.5 Å². The van der Waals surface area contributed by atoms with E-state index in [4.69, 9.17) is 22.2 Å². The van der Waals surface area contributed by atoms with E-state index in [1.807, 2.05) is 24.0 Å². The molecule has 2 heterocycles. The molecular formula is C21H22ClN5O4. The maximum atomic E-state index is 13.3. The number of nitrogens with two attached hydrogens (primary N) is 1. The SMILES string of the molecule is CC1(c2ccc(N)cc2)NOC=C1C(=O)N1CCN(c2ccc([N+](=O)[O-])cc2Cl)CC1. The number of non-ortho nitro benzene ring substituents is 1. The van der Waals surface area contributed by atoms with Gasteiger partial charge in [-0.1, -0.05) is 23.7 Å². The van der Waals surface area contributed by atoms with E-state index in [1.54, 1.807) is 23.1 Å². The molecule has 3 N–H and O–H groups in total. The highest BCUT2D eigenvalue weighted by Crippen LogP contribution is 2.35. The Morgan fingerprint density at radius 1 is 1.19 bits per heavy atom. The molecule has 0 aliphatic carbocycles. The third kappa shape index (κ3) is 3.89. The first kappa shape index (κ1) is 21.0. The van der Waals surface area contributed by atoms with Gasteiger partial charge in [0.1, 0.15) is 11.8 Å². The Kier molecular flexibility index (Phi) is 5.47. The van der Waals surface area contributed by atoms with E-state index in [0.717, 1.165) is 11.3 Å². The van der Waals surface area contributed by atoms with E-state index in [0.29, 0.717) is 42.5 Å². The number of nitrogen functional groups attached to an aromatic ring is 1. The summed E-state index contributed by atoms with van der Waals surface area (Å²) in [4.78, 5) is 32.8. The van der Waals surface area contributed by atoms with Crippen LogP contribution in [0.5, 0.6) is 0 Å². The average Bonchev–Trinajstić information content (AvgIpc) is 3.16. The monoisotopic (exact) mass is 443 g/mol. The number of piperazine rings is 1. The Balaban J connectivity index is 1.46. The fourth-order valence-corrected chi connectivity index (χ4v) is 4.16. The van der Waals surface area contributed by atoms with Crippen LogP contribution in [-0.2, 0) is 15.2 Å². The molecule has 2 aliphatic heterocycles. The van der Waals surface area contributed by atoms with Crippen molar-refractivity contribution in [1.82, 2.24) is 10.4 Å².